The summed E-state index contributed by atoms with van der Waals surface area (Å²) in [5.74, 6) is 0.830. The third-order valence-electron chi connectivity index (χ3n) is 2.98. The minimum atomic E-state index is -0.0376. The van der Waals surface area contributed by atoms with Crippen molar-refractivity contribution in [3.8, 4) is 5.75 Å². The van der Waals surface area contributed by atoms with Crippen LogP contribution in [0.4, 0.5) is 0 Å². The van der Waals surface area contributed by atoms with Crippen molar-refractivity contribution in [2.75, 3.05) is 0 Å². The molecule has 1 heterocycles. The number of para-hydroxylation sites is 1. The van der Waals surface area contributed by atoms with Crippen molar-refractivity contribution >= 4 is 0 Å². The first-order valence-electron chi connectivity index (χ1n) is 6.59. The maximum absolute atomic E-state index is 5.93. The van der Waals surface area contributed by atoms with E-state index in [1.54, 1.807) is 0 Å². The predicted molar refractivity (Wildman–Crippen MR) is 76.0 cm³/mol. The second-order valence-corrected chi connectivity index (χ2v) is 5.00. The van der Waals surface area contributed by atoms with Gasteiger partial charge in [-0.2, -0.15) is 5.10 Å². The summed E-state index contributed by atoms with van der Waals surface area (Å²) in [5.41, 5.74) is 7.87. The Morgan fingerprint density at radius 1 is 1.21 bits per heavy atom. The standard InChI is InChI=1S/C15H21N3O/c1-11(2)18-9-8-13(17-18)10-19-15-7-5-4-6-14(15)12(3)16/h4-9,11-12H,10,16H2,1-3H3. The number of benzene rings is 1. The fraction of sp³-hybridized carbons (Fsp3) is 0.400. The number of nitrogens with zero attached hydrogens (tertiary/aromatic N) is 2. The average molecular weight is 259 g/mol. The normalized spacial score (nSPS) is 12.7. The zero-order chi connectivity index (χ0) is 13.8. The highest BCUT2D eigenvalue weighted by Crippen LogP contribution is 2.23. The number of nitrogens with two attached hydrogens (primary N) is 1. The first-order valence-corrected chi connectivity index (χ1v) is 6.59. The zero-order valence-electron chi connectivity index (χ0n) is 11.7. The van der Waals surface area contributed by atoms with Crippen LogP contribution in [0.5, 0.6) is 5.75 Å². The summed E-state index contributed by atoms with van der Waals surface area (Å²) < 4.78 is 7.75. The maximum Gasteiger partial charge on any atom is 0.132 e. The molecule has 0 spiro atoms. The van der Waals surface area contributed by atoms with Crippen molar-refractivity contribution in [2.24, 2.45) is 5.73 Å². The molecule has 0 aliphatic carbocycles. The van der Waals surface area contributed by atoms with Gasteiger partial charge < -0.3 is 10.5 Å². The van der Waals surface area contributed by atoms with Crippen LogP contribution in [0.2, 0.25) is 0 Å². The zero-order valence-corrected chi connectivity index (χ0v) is 11.7. The lowest BCUT2D eigenvalue weighted by Crippen LogP contribution is -2.08. The first-order chi connectivity index (χ1) is 9.08. The molecule has 2 N–H and O–H groups in total. The summed E-state index contributed by atoms with van der Waals surface area (Å²) >= 11 is 0. The molecule has 1 aromatic carbocycles. The Morgan fingerprint density at radius 2 is 1.95 bits per heavy atom. The summed E-state index contributed by atoms with van der Waals surface area (Å²) in [6, 6.07) is 10.2. The summed E-state index contributed by atoms with van der Waals surface area (Å²) in [7, 11) is 0. The molecule has 0 amide bonds. The Labute approximate surface area is 114 Å². The van der Waals surface area contributed by atoms with Crippen LogP contribution in [-0.2, 0) is 6.61 Å². The number of ether oxygens (including phenoxy) is 1. The summed E-state index contributed by atoms with van der Waals surface area (Å²) in [6.45, 7) is 6.62. The monoisotopic (exact) mass is 259 g/mol. The van der Waals surface area contributed by atoms with Gasteiger partial charge in [0.2, 0.25) is 0 Å². The Morgan fingerprint density at radius 3 is 2.58 bits per heavy atom. The number of aromatic nitrogens is 2. The molecule has 19 heavy (non-hydrogen) atoms. The molecule has 4 nitrogen and oxygen atoms in total. The Balaban J connectivity index is 2.06. The molecule has 0 radical (unpaired) electrons. The number of hydrogen-bond donors (Lipinski definition) is 1. The minimum absolute atomic E-state index is 0.0376. The summed E-state index contributed by atoms with van der Waals surface area (Å²) in [5, 5.41) is 4.46. The topological polar surface area (TPSA) is 53.1 Å². The second kappa shape index (κ2) is 5.89. The molecule has 0 aliphatic heterocycles. The van der Waals surface area contributed by atoms with E-state index in [4.69, 9.17) is 10.5 Å². The van der Waals surface area contributed by atoms with Crippen LogP contribution < -0.4 is 10.5 Å². The fourth-order valence-corrected chi connectivity index (χ4v) is 1.88. The van der Waals surface area contributed by atoms with Crippen LogP contribution in [0.3, 0.4) is 0 Å². The molecule has 1 unspecified atom stereocenters. The van der Waals surface area contributed by atoms with E-state index in [0.29, 0.717) is 12.6 Å². The lowest BCUT2D eigenvalue weighted by molar-refractivity contribution is 0.294. The fourth-order valence-electron chi connectivity index (χ4n) is 1.88. The van der Waals surface area contributed by atoms with Gasteiger partial charge in [0, 0.05) is 23.8 Å². The highest BCUT2D eigenvalue weighted by atomic mass is 16.5. The van der Waals surface area contributed by atoms with E-state index in [9.17, 15) is 0 Å². The maximum atomic E-state index is 5.93. The van der Waals surface area contributed by atoms with Gasteiger partial charge in [-0.3, -0.25) is 4.68 Å². The van der Waals surface area contributed by atoms with Crippen molar-refractivity contribution in [2.45, 2.75) is 39.5 Å². The first kappa shape index (κ1) is 13.6. The lowest BCUT2D eigenvalue weighted by Gasteiger charge is -2.13. The van der Waals surface area contributed by atoms with Crippen LogP contribution in [0.25, 0.3) is 0 Å². The van der Waals surface area contributed by atoms with Gasteiger partial charge >= 0.3 is 0 Å². The third kappa shape index (κ3) is 3.35. The molecule has 0 saturated carbocycles. The molecule has 0 saturated heterocycles. The van der Waals surface area contributed by atoms with E-state index in [-0.39, 0.29) is 6.04 Å². The molecule has 0 bridgehead atoms. The van der Waals surface area contributed by atoms with Gasteiger partial charge in [-0.1, -0.05) is 18.2 Å². The predicted octanol–water partition coefficient (Wildman–Crippen LogP) is 3.06. The smallest absolute Gasteiger partial charge is 0.132 e. The molecular formula is C15H21N3O. The highest BCUT2D eigenvalue weighted by molar-refractivity contribution is 5.35. The van der Waals surface area contributed by atoms with Crippen molar-refractivity contribution in [1.82, 2.24) is 9.78 Å². The van der Waals surface area contributed by atoms with Crippen LogP contribution >= 0.6 is 0 Å². The molecule has 1 atom stereocenters. The highest BCUT2D eigenvalue weighted by Gasteiger charge is 2.08. The Bertz CT molecular complexity index is 532. The molecule has 2 rings (SSSR count). The quantitative estimate of drug-likeness (QED) is 0.897. The number of hydrogen-bond acceptors (Lipinski definition) is 3. The molecule has 2 aromatic rings. The van der Waals surface area contributed by atoms with E-state index in [0.717, 1.165) is 17.0 Å². The van der Waals surface area contributed by atoms with E-state index >= 15 is 0 Å². The molecular weight excluding hydrogens is 238 g/mol. The van der Waals surface area contributed by atoms with E-state index < -0.39 is 0 Å². The van der Waals surface area contributed by atoms with Crippen LogP contribution in [-0.4, -0.2) is 9.78 Å². The SMILES string of the molecule is CC(N)c1ccccc1OCc1ccn(C(C)C)n1. The molecule has 0 fully saturated rings. The van der Waals surface area contributed by atoms with E-state index in [2.05, 4.69) is 18.9 Å². The second-order valence-electron chi connectivity index (χ2n) is 5.00. The molecule has 0 aliphatic rings. The molecule has 4 heteroatoms. The summed E-state index contributed by atoms with van der Waals surface area (Å²) in [6.07, 6.45) is 1.97. The van der Waals surface area contributed by atoms with Crippen molar-refractivity contribution < 1.29 is 4.74 Å². The van der Waals surface area contributed by atoms with Crippen LogP contribution in [0, 0.1) is 0 Å². The number of rotatable bonds is 5. The van der Waals surface area contributed by atoms with Crippen molar-refractivity contribution in [3.05, 3.63) is 47.8 Å². The van der Waals surface area contributed by atoms with Gasteiger partial charge in [-0.25, -0.2) is 0 Å². The van der Waals surface area contributed by atoms with Gasteiger partial charge in [-0.15, -0.1) is 0 Å². The van der Waals surface area contributed by atoms with Gasteiger partial charge in [0.05, 0.1) is 5.69 Å². The van der Waals surface area contributed by atoms with Gasteiger partial charge in [0.1, 0.15) is 12.4 Å². The largest absolute Gasteiger partial charge is 0.487 e. The Hall–Kier alpha value is -1.81. The Kier molecular flexibility index (Phi) is 4.22. The van der Waals surface area contributed by atoms with Gasteiger partial charge in [0.25, 0.3) is 0 Å². The van der Waals surface area contributed by atoms with Crippen molar-refractivity contribution in [3.63, 3.8) is 0 Å². The summed E-state index contributed by atoms with van der Waals surface area (Å²) in [4.78, 5) is 0. The van der Waals surface area contributed by atoms with Gasteiger partial charge in [0.15, 0.2) is 0 Å². The average Bonchev–Trinajstić information content (AvgIpc) is 2.85. The molecule has 102 valence electrons. The van der Waals surface area contributed by atoms with Gasteiger partial charge in [-0.05, 0) is 32.9 Å². The van der Waals surface area contributed by atoms with Crippen molar-refractivity contribution in [1.29, 1.82) is 0 Å². The van der Waals surface area contributed by atoms with Crippen LogP contribution in [0.15, 0.2) is 36.5 Å². The lowest BCUT2D eigenvalue weighted by atomic mass is 10.1. The molecule has 1 aromatic heterocycles. The van der Waals surface area contributed by atoms with E-state index in [1.165, 1.54) is 0 Å². The third-order valence-corrected chi connectivity index (χ3v) is 2.98. The minimum Gasteiger partial charge on any atom is -0.487 e. The van der Waals surface area contributed by atoms with E-state index in [1.807, 2.05) is 48.1 Å². The van der Waals surface area contributed by atoms with Crippen LogP contribution in [0.1, 0.15) is 44.1 Å².